The lowest BCUT2D eigenvalue weighted by atomic mass is 10.1. The fourth-order valence-corrected chi connectivity index (χ4v) is 3.88. The average Bonchev–Trinajstić information content (AvgIpc) is 3.14. The number of aryl methyl sites for hydroxylation is 1. The molecule has 1 aromatic heterocycles. The van der Waals surface area contributed by atoms with Gasteiger partial charge in [-0.15, -0.1) is 0 Å². The van der Waals surface area contributed by atoms with Crippen LogP contribution < -0.4 is 9.47 Å². The van der Waals surface area contributed by atoms with Gasteiger partial charge in [0.1, 0.15) is 17.2 Å². The van der Waals surface area contributed by atoms with Crippen molar-refractivity contribution in [1.29, 1.82) is 0 Å². The van der Waals surface area contributed by atoms with Gasteiger partial charge < -0.3 is 23.8 Å². The first kappa shape index (κ1) is 19.8. The van der Waals surface area contributed by atoms with Crippen molar-refractivity contribution in [3.63, 3.8) is 0 Å². The number of carbonyl (C=O) groups excluding carboxylic acids is 2. The highest BCUT2D eigenvalue weighted by Gasteiger charge is 2.27. The summed E-state index contributed by atoms with van der Waals surface area (Å²) in [7, 11) is 5.02. The van der Waals surface area contributed by atoms with E-state index in [-0.39, 0.29) is 11.8 Å². The highest BCUT2D eigenvalue weighted by atomic mass is 16.5. The summed E-state index contributed by atoms with van der Waals surface area (Å²) in [5, 5.41) is 1.05. The molecular weight excluding hydrogens is 382 g/mol. The van der Waals surface area contributed by atoms with E-state index in [2.05, 4.69) is 0 Å². The van der Waals surface area contributed by atoms with Crippen LogP contribution in [0.3, 0.4) is 0 Å². The zero-order valence-electron chi connectivity index (χ0n) is 17.4. The lowest BCUT2D eigenvalue weighted by molar-refractivity contribution is 0.0530. The maximum Gasteiger partial charge on any atom is 0.270 e. The molecule has 0 atom stereocenters. The fourth-order valence-electron chi connectivity index (χ4n) is 3.88. The molecule has 30 heavy (non-hydrogen) atoms. The Hall–Kier alpha value is -3.48. The Morgan fingerprint density at radius 3 is 1.93 bits per heavy atom. The molecular formula is C23H25N3O4. The summed E-state index contributed by atoms with van der Waals surface area (Å²) < 4.78 is 12.5. The number of rotatable bonds is 4. The van der Waals surface area contributed by atoms with E-state index < -0.39 is 0 Å². The van der Waals surface area contributed by atoms with Gasteiger partial charge in [0, 0.05) is 55.8 Å². The highest BCUT2D eigenvalue weighted by Crippen LogP contribution is 2.24. The number of amides is 2. The van der Waals surface area contributed by atoms with Crippen LogP contribution in [0.5, 0.6) is 11.5 Å². The van der Waals surface area contributed by atoms with Crippen LogP contribution >= 0.6 is 0 Å². The van der Waals surface area contributed by atoms with Gasteiger partial charge in [-0.05, 0) is 24.3 Å². The third-order valence-electron chi connectivity index (χ3n) is 5.62. The normalized spacial score (nSPS) is 14.1. The zero-order valence-corrected chi connectivity index (χ0v) is 17.4. The van der Waals surface area contributed by atoms with Gasteiger partial charge in [-0.2, -0.15) is 0 Å². The summed E-state index contributed by atoms with van der Waals surface area (Å²) in [5.41, 5.74) is 2.20. The molecule has 0 saturated carbocycles. The van der Waals surface area contributed by atoms with Gasteiger partial charge >= 0.3 is 0 Å². The second kappa shape index (κ2) is 8.10. The predicted molar refractivity (Wildman–Crippen MR) is 114 cm³/mol. The summed E-state index contributed by atoms with van der Waals surface area (Å²) in [6, 6.07) is 15.0. The van der Waals surface area contributed by atoms with Crippen LogP contribution in [0, 0.1) is 0 Å². The molecule has 2 heterocycles. The second-order valence-corrected chi connectivity index (χ2v) is 7.33. The third kappa shape index (κ3) is 3.58. The van der Waals surface area contributed by atoms with Gasteiger partial charge in [0.2, 0.25) is 0 Å². The summed E-state index contributed by atoms with van der Waals surface area (Å²) in [4.78, 5) is 29.6. The van der Waals surface area contributed by atoms with Crippen molar-refractivity contribution in [1.82, 2.24) is 14.4 Å². The second-order valence-electron chi connectivity index (χ2n) is 7.33. The Morgan fingerprint density at radius 1 is 0.800 bits per heavy atom. The monoisotopic (exact) mass is 407 g/mol. The number of fused-ring (bicyclic) bond motifs is 1. The van der Waals surface area contributed by atoms with Gasteiger partial charge in [-0.25, -0.2) is 0 Å². The summed E-state index contributed by atoms with van der Waals surface area (Å²) in [6.07, 6.45) is 0. The van der Waals surface area contributed by atoms with Crippen LogP contribution in [-0.2, 0) is 7.05 Å². The zero-order chi connectivity index (χ0) is 21.3. The van der Waals surface area contributed by atoms with Crippen molar-refractivity contribution >= 4 is 22.7 Å². The number of aromatic nitrogens is 1. The molecule has 0 spiro atoms. The van der Waals surface area contributed by atoms with Gasteiger partial charge in [0.15, 0.2) is 0 Å². The maximum absolute atomic E-state index is 13.1. The molecule has 4 rings (SSSR count). The molecule has 0 bridgehead atoms. The Balaban J connectivity index is 1.46. The van der Waals surface area contributed by atoms with Gasteiger partial charge in [-0.3, -0.25) is 9.59 Å². The predicted octanol–water partition coefficient (Wildman–Crippen LogP) is 2.79. The van der Waals surface area contributed by atoms with E-state index >= 15 is 0 Å². The molecule has 3 aromatic rings. The smallest absolute Gasteiger partial charge is 0.270 e. The van der Waals surface area contributed by atoms with Crippen LogP contribution in [0.4, 0.5) is 0 Å². The minimum Gasteiger partial charge on any atom is -0.497 e. The number of hydrogen-bond acceptors (Lipinski definition) is 4. The quantitative estimate of drug-likeness (QED) is 0.667. The van der Waals surface area contributed by atoms with Crippen molar-refractivity contribution < 1.29 is 19.1 Å². The molecule has 1 fully saturated rings. The molecule has 7 heteroatoms. The Labute approximate surface area is 175 Å². The summed E-state index contributed by atoms with van der Waals surface area (Å²) in [6.45, 7) is 1.95. The molecule has 1 saturated heterocycles. The van der Waals surface area contributed by atoms with E-state index in [0.717, 1.165) is 10.9 Å². The molecule has 1 aliphatic heterocycles. The minimum absolute atomic E-state index is 0.0103. The van der Waals surface area contributed by atoms with E-state index in [0.29, 0.717) is 48.9 Å². The lowest BCUT2D eigenvalue weighted by Crippen LogP contribution is -2.50. The highest BCUT2D eigenvalue weighted by molar-refractivity contribution is 5.99. The molecule has 156 valence electrons. The van der Waals surface area contributed by atoms with Gasteiger partial charge in [0.05, 0.1) is 14.2 Å². The fraction of sp³-hybridized carbons (Fsp3) is 0.304. The summed E-state index contributed by atoms with van der Waals surface area (Å²) in [5.74, 6) is 1.04. The molecule has 2 amide bonds. The number of para-hydroxylation sites is 1. The van der Waals surface area contributed by atoms with E-state index in [1.807, 2.05) is 46.8 Å². The molecule has 1 aliphatic rings. The lowest BCUT2D eigenvalue weighted by Gasteiger charge is -2.35. The number of methoxy groups -OCH3 is 2. The standard InChI is InChI=1S/C23H25N3O4/c1-24-20-7-5-4-6-16(20)14-21(24)23(28)26-10-8-25(9-11-26)22(27)17-12-18(29-2)15-19(13-17)30-3/h4-7,12-15H,8-11H2,1-3H3. The SMILES string of the molecule is COc1cc(OC)cc(C(=O)N2CCN(C(=O)c3cc4ccccc4n3C)CC2)c1. The Bertz CT molecular complexity index is 1070. The third-order valence-corrected chi connectivity index (χ3v) is 5.62. The van der Waals surface area contributed by atoms with Crippen LogP contribution in [0.25, 0.3) is 10.9 Å². The van der Waals surface area contributed by atoms with Crippen LogP contribution in [-0.4, -0.2) is 66.6 Å². The van der Waals surface area contributed by atoms with E-state index in [9.17, 15) is 9.59 Å². The molecule has 0 N–H and O–H groups in total. The maximum atomic E-state index is 13.1. The molecule has 0 radical (unpaired) electrons. The van der Waals surface area contributed by atoms with Crippen LogP contribution in [0.15, 0.2) is 48.5 Å². The number of piperazine rings is 1. The number of nitrogens with zero attached hydrogens (tertiary/aromatic N) is 3. The number of hydrogen-bond donors (Lipinski definition) is 0. The summed E-state index contributed by atoms with van der Waals surface area (Å²) >= 11 is 0. The van der Waals surface area contributed by atoms with Crippen molar-refractivity contribution in [3.05, 3.63) is 59.8 Å². The van der Waals surface area contributed by atoms with Crippen molar-refractivity contribution in [2.24, 2.45) is 7.05 Å². The topological polar surface area (TPSA) is 64.0 Å². The average molecular weight is 407 g/mol. The number of benzene rings is 2. The first-order valence-corrected chi connectivity index (χ1v) is 9.88. The largest absolute Gasteiger partial charge is 0.497 e. The Kier molecular flexibility index (Phi) is 5.35. The first-order chi connectivity index (χ1) is 14.5. The molecule has 0 aliphatic carbocycles. The van der Waals surface area contributed by atoms with E-state index in [1.54, 1.807) is 37.3 Å². The van der Waals surface area contributed by atoms with E-state index in [4.69, 9.17) is 9.47 Å². The molecule has 7 nitrogen and oxygen atoms in total. The van der Waals surface area contributed by atoms with Gasteiger partial charge in [0.25, 0.3) is 11.8 Å². The Morgan fingerprint density at radius 2 is 1.37 bits per heavy atom. The first-order valence-electron chi connectivity index (χ1n) is 9.88. The minimum atomic E-state index is -0.0936. The number of carbonyl (C=O) groups is 2. The van der Waals surface area contributed by atoms with Crippen molar-refractivity contribution in [2.75, 3.05) is 40.4 Å². The molecule has 2 aromatic carbocycles. The van der Waals surface area contributed by atoms with Gasteiger partial charge in [-0.1, -0.05) is 18.2 Å². The van der Waals surface area contributed by atoms with Crippen molar-refractivity contribution in [3.8, 4) is 11.5 Å². The van der Waals surface area contributed by atoms with Crippen LogP contribution in [0.1, 0.15) is 20.8 Å². The number of ether oxygens (including phenoxy) is 2. The van der Waals surface area contributed by atoms with E-state index in [1.165, 1.54) is 0 Å². The van der Waals surface area contributed by atoms with Crippen molar-refractivity contribution in [2.45, 2.75) is 0 Å². The molecule has 0 unspecified atom stereocenters. The van der Waals surface area contributed by atoms with Crippen LogP contribution in [0.2, 0.25) is 0 Å².